The van der Waals surface area contributed by atoms with Crippen LogP contribution >= 0.6 is 0 Å². The molecule has 0 saturated carbocycles. The van der Waals surface area contributed by atoms with Crippen molar-refractivity contribution in [3.63, 3.8) is 0 Å². The van der Waals surface area contributed by atoms with E-state index in [0.717, 1.165) is 6.42 Å². The molecule has 2 rings (SSSR count). The first-order valence-corrected chi connectivity index (χ1v) is 6.73. The van der Waals surface area contributed by atoms with Crippen LogP contribution in [-0.4, -0.2) is 26.8 Å². The lowest BCUT2D eigenvalue weighted by molar-refractivity contribution is 0.495. The molecule has 0 amide bonds. The maximum absolute atomic E-state index is 12.0. The molecule has 15 heavy (non-hydrogen) atoms. The molecule has 3 nitrogen and oxygen atoms in total. The normalized spacial score (nSPS) is 17.4. The number of aryl methyl sites for hydroxylation is 1. The summed E-state index contributed by atoms with van der Waals surface area (Å²) in [5.74, 6) is 0. The SMILES string of the molecule is CCc1ccc(S(=O)(=O)C2CNC2)cc1. The van der Waals surface area contributed by atoms with Crippen LogP contribution in [0.25, 0.3) is 0 Å². The fraction of sp³-hybridized carbons (Fsp3) is 0.455. The molecule has 0 radical (unpaired) electrons. The first-order chi connectivity index (χ1) is 7.14. The smallest absolute Gasteiger partial charge is 0.183 e. The van der Waals surface area contributed by atoms with Gasteiger partial charge in [0.05, 0.1) is 10.1 Å². The van der Waals surface area contributed by atoms with Gasteiger partial charge in [-0.1, -0.05) is 19.1 Å². The van der Waals surface area contributed by atoms with Crippen LogP contribution in [0.3, 0.4) is 0 Å². The van der Waals surface area contributed by atoms with E-state index in [9.17, 15) is 8.42 Å². The number of sulfone groups is 1. The standard InChI is InChI=1S/C11H15NO2S/c1-2-9-3-5-10(6-4-9)15(13,14)11-7-12-8-11/h3-6,11-12H,2,7-8H2,1H3. The maximum Gasteiger partial charge on any atom is 0.183 e. The Morgan fingerprint density at radius 1 is 1.27 bits per heavy atom. The van der Waals surface area contributed by atoms with E-state index in [-0.39, 0.29) is 5.25 Å². The summed E-state index contributed by atoms with van der Waals surface area (Å²) in [7, 11) is -3.09. The molecule has 0 aliphatic carbocycles. The molecule has 4 heteroatoms. The fourth-order valence-corrected chi connectivity index (χ4v) is 3.16. The van der Waals surface area contributed by atoms with Crippen LogP contribution in [0.4, 0.5) is 0 Å². The van der Waals surface area contributed by atoms with Gasteiger partial charge in [0.25, 0.3) is 0 Å². The first kappa shape index (κ1) is 10.6. The highest BCUT2D eigenvalue weighted by atomic mass is 32.2. The van der Waals surface area contributed by atoms with Crippen LogP contribution in [0.1, 0.15) is 12.5 Å². The Labute approximate surface area is 90.4 Å². The monoisotopic (exact) mass is 225 g/mol. The highest BCUT2D eigenvalue weighted by molar-refractivity contribution is 7.92. The van der Waals surface area contributed by atoms with Crippen molar-refractivity contribution in [2.24, 2.45) is 0 Å². The second kappa shape index (κ2) is 3.94. The predicted octanol–water partition coefficient (Wildman–Crippen LogP) is 0.995. The van der Waals surface area contributed by atoms with E-state index in [1.807, 2.05) is 12.1 Å². The van der Waals surface area contributed by atoms with Crippen LogP contribution in [0.2, 0.25) is 0 Å². The van der Waals surface area contributed by atoms with E-state index >= 15 is 0 Å². The minimum Gasteiger partial charge on any atom is -0.314 e. The molecule has 1 aromatic carbocycles. The molecule has 1 fully saturated rings. The average Bonchev–Trinajstić information content (AvgIpc) is 2.14. The molecule has 0 aromatic heterocycles. The topological polar surface area (TPSA) is 46.2 Å². The van der Waals surface area contributed by atoms with E-state index in [1.165, 1.54) is 5.56 Å². The van der Waals surface area contributed by atoms with Gasteiger partial charge in [0.2, 0.25) is 0 Å². The summed E-state index contributed by atoms with van der Waals surface area (Å²) in [5, 5.41) is 2.75. The largest absolute Gasteiger partial charge is 0.314 e. The lowest BCUT2D eigenvalue weighted by Gasteiger charge is -2.26. The van der Waals surface area contributed by atoms with Crippen molar-refractivity contribution in [2.45, 2.75) is 23.5 Å². The van der Waals surface area contributed by atoms with Crippen molar-refractivity contribution < 1.29 is 8.42 Å². The number of benzene rings is 1. The Kier molecular flexibility index (Phi) is 2.80. The van der Waals surface area contributed by atoms with Gasteiger partial charge in [-0.3, -0.25) is 0 Å². The quantitative estimate of drug-likeness (QED) is 0.834. The summed E-state index contributed by atoms with van der Waals surface area (Å²) in [4.78, 5) is 0.450. The zero-order chi connectivity index (χ0) is 10.9. The van der Waals surface area contributed by atoms with E-state index in [1.54, 1.807) is 12.1 Å². The summed E-state index contributed by atoms with van der Waals surface area (Å²) in [6, 6.07) is 7.21. The predicted molar refractivity (Wildman–Crippen MR) is 59.7 cm³/mol. The average molecular weight is 225 g/mol. The van der Waals surface area contributed by atoms with Gasteiger partial charge in [0.1, 0.15) is 0 Å². The van der Waals surface area contributed by atoms with Crippen molar-refractivity contribution in [3.05, 3.63) is 29.8 Å². The fourth-order valence-electron chi connectivity index (χ4n) is 1.59. The lowest BCUT2D eigenvalue weighted by atomic mass is 10.2. The molecule has 1 saturated heterocycles. The second-order valence-electron chi connectivity index (χ2n) is 3.82. The number of rotatable bonds is 3. The van der Waals surface area contributed by atoms with Gasteiger partial charge in [-0.2, -0.15) is 0 Å². The van der Waals surface area contributed by atoms with Gasteiger partial charge >= 0.3 is 0 Å². The second-order valence-corrected chi connectivity index (χ2v) is 6.05. The molecule has 82 valence electrons. The third-order valence-electron chi connectivity index (χ3n) is 2.84. The van der Waals surface area contributed by atoms with Gasteiger partial charge in [0.15, 0.2) is 9.84 Å². The molecule has 1 N–H and O–H groups in total. The molecule has 1 heterocycles. The van der Waals surface area contributed by atoms with Crippen molar-refractivity contribution in [3.8, 4) is 0 Å². The Balaban J connectivity index is 2.28. The Hall–Kier alpha value is -0.870. The van der Waals surface area contributed by atoms with E-state index in [4.69, 9.17) is 0 Å². The third-order valence-corrected chi connectivity index (χ3v) is 4.98. The van der Waals surface area contributed by atoms with E-state index in [2.05, 4.69) is 12.2 Å². The summed E-state index contributed by atoms with van der Waals surface area (Å²) in [6.45, 7) is 3.22. The van der Waals surface area contributed by atoms with Crippen molar-refractivity contribution in [2.75, 3.05) is 13.1 Å². The molecule has 0 bridgehead atoms. The van der Waals surface area contributed by atoms with Gasteiger partial charge in [0, 0.05) is 13.1 Å². The van der Waals surface area contributed by atoms with E-state index in [0.29, 0.717) is 18.0 Å². The minimum absolute atomic E-state index is 0.232. The van der Waals surface area contributed by atoms with Crippen LogP contribution in [0.5, 0.6) is 0 Å². The molecule has 0 unspecified atom stereocenters. The molecule has 1 aliphatic rings. The van der Waals surface area contributed by atoms with Gasteiger partial charge in [-0.15, -0.1) is 0 Å². The number of nitrogens with one attached hydrogen (secondary N) is 1. The summed E-state index contributed by atoms with van der Waals surface area (Å²) in [5.41, 5.74) is 1.17. The van der Waals surface area contributed by atoms with Gasteiger partial charge < -0.3 is 5.32 Å². The Morgan fingerprint density at radius 3 is 2.27 bits per heavy atom. The molecule has 1 aromatic rings. The van der Waals surface area contributed by atoms with Crippen LogP contribution in [-0.2, 0) is 16.3 Å². The highest BCUT2D eigenvalue weighted by Gasteiger charge is 2.32. The van der Waals surface area contributed by atoms with E-state index < -0.39 is 9.84 Å². The summed E-state index contributed by atoms with van der Waals surface area (Å²) in [6.07, 6.45) is 0.936. The van der Waals surface area contributed by atoms with Crippen molar-refractivity contribution >= 4 is 9.84 Å². The zero-order valence-electron chi connectivity index (χ0n) is 8.73. The lowest BCUT2D eigenvalue weighted by Crippen LogP contribution is -2.51. The van der Waals surface area contributed by atoms with Gasteiger partial charge in [-0.25, -0.2) is 8.42 Å². The molecule has 0 atom stereocenters. The van der Waals surface area contributed by atoms with Crippen LogP contribution in [0, 0.1) is 0 Å². The van der Waals surface area contributed by atoms with Crippen LogP contribution < -0.4 is 5.32 Å². The summed E-state index contributed by atoms with van der Waals surface area (Å²) < 4.78 is 23.9. The Bertz CT molecular complexity index is 432. The number of hydrogen-bond acceptors (Lipinski definition) is 3. The molecule has 1 aliphatic heterocycles. The first-order valence-electron chi connectivity index (χ1n) is 5.18. The number of hydrogen-bond donors (Lipinski definition) is 1. The maximum atomic E-state index is 12.0. The zero-order valence-corrected chi connectivity index (χ0v) is 9.55. The van der Waals surface area contributed by atoms with Crippen molar-refractivity contribution in [1.29, 1.82) is 0 Å². The Morgan fingerprint density at radius 2 is 1.87 bits per heavy atom. The third kappa shape index (κ3) is 1.92. The minimum atomic E-state index is -3.09. The molecular weight excluding hydrogens is 210 g/mol. The van der Waals surface area contributed by atoms with Crippen LogP contribution in [0.15, 0.2) is 29.2 Å². The molecule has 0 spiro atoms. The van der Waals surface area contributed by atoms with Crippen molar-refractivity contribution in [1.82, 2.24) is 5.32 Å². The molecular formula is C11H15NO2S. The highest BCUT2D eigenvalue weighted by Crippen LogP contribution is 2.19. The van der Waals surface area contributed by atoms with Gasteiger partial charge in [-0.05, 0) is 24.1 Å². The summed E-state index contributed by atoms with van der Waals surface area (Å²) >= 11 is 0.